The predicted octanol–water partition coefficient (Wildman–Crippen LogP) is 1.85. The summed E-state index contributed by atoms with van der Waals surface area (Å²) in [5.41, 5.74) is 2.32. The lowest BCUT2D eigenvalue weighted by molar-refractivity contribution is -0.140. The molecule has 1 aromatic rings. The minimum absolute atomic E-state index is 0.216. The molecule has 0 saturated carbocycles. The molecule has 0 aromatic heterocycles. The molecule has 1 aromatic carbocycles. The van der Waals surface area contributed by atoms with E-state index in [9.17, 15) is 23.1 Å². The van der Waals surface area contributed by atoms with Gasteiger partial charge in [-0.3, -0.25) is 9.69 Å². The molecule has 0 aliphatic carbocycles. The first-order chi connectivity index (χ1) is 11.1. The third kappa shape index (κ3) is 7.29. The maximum Gasteiger partial charge on any atom is 0.390 e. The Morgan fingerprint density at radius 2 is 1.88 bits per heavy atom. The smallest absolute Gasteiger partial charge is 0.390 e. The van der Waals surface area contributed by atoms with E-state index in [1.165, 1.54) is 4.90 Å². The highest BCUT2D eigenvalue weighted by Crippen LogP contribution is 2.21. The largest absolute Gasteiger partial charge is 0.394 e. The van der Waals surface area contributed by atoms with Crippen molar-refractivity contribution in [2.45, 2.75) is 32.5 Å². The van der Waals surface area contributed by atoms with Gasteiger partial charge in [-0.05, 0) is 25.0 Å². The molecular formula is C16H23F3N2O3. The number of hydrogen-bond acceptors (Lipinski definition) is 4. The average Bonchev–Trinajstić information content (AvgIpc) is 2.48. The van der Waals surface area contributed by atoms with Crippen molar-refractivity contribution in [3.63, 3.8) is 0 Å². The zero-order valence-electron chi connectivity index (χ0n) is 13.7. The Balaban J connectivity index is 2.71. The number of aryl methyl sites for hydroxylation is 2. The number of amides is 1. The van der Waals surface area contributed by atoms with Crippen molar-refractivity contribution in [1.82, 2.24) is 4.90 Å². The van der Waals surface area contributed by atoms with Gasteiger partial charge in [0, 0.05) is 18.8 Å². The summed E-state index contributed by atoms with van der Waals surface area (Å²) in [6, 6.07) is 5.48. The molecule has 3 N–H and O–H groups in total. The second-order valence-electron chi connectivity index (χ2n) is 5.75. The molecule has 0 bridgehead atoms. The van der Waals surface area contributed by atoms with E-state index in [1.807, 2.05) is 32.0 Å². The summed E-state index contributed by atoms with van der Waals surface area (Å²) in [5.74, 6) is -0.472. The van der Waals surface area contributed by atoms with Gasteiger partial charge in [0.2, 0.25) is 5.91 Å². The van der Waals surface area contributed by atoms with Gasteiger partial charge in [0.1, 0.15) is 0 Å². The molecule has 136 valence electrons. The molecule has 0 aliphatic rings. The van der Waals surface area contributed by atoms with Crippen LogP contribution in [0.25, 0.3) is 0 Å². The second kappa shape index (κ2) is 9.00. The molecule has 0 spiro atoms. The molecule has 0 fully saturated rings. The summed E-state index contributed by atoms with van der Waals surface area (Å²) in [6.45, 7) is 2.11. The normalized spacial score (nSPS) is 13.2. The fourth-order valence-corrected chi connectivity index (χ4v) is 2.27. The van der Waals surface area contributed by atoms with Crippen LogP contribution in [0.15, 0.2) is 18.2 Å². The average molecular weight is 348 g/mol. The Morgan fingerprint density at radius 1 is 1.29 bits per heavy atom. The van der Waals surface area contributed by atoms with Crippen LogP contribution in [0, 0.1) is 13.8 Å². The van der Waals surface area contributed by atoms with Gasteiger partial charge in [-0.25, -0.2) is 0 Å². The first-order valence-electron chi connectivity index (χ1n) is 7.56. The van der Waals surface area contributed by atoms with E-state index < -0.39 is 37.8 Å². The molecule has 0 heterocycles. The number of nitrogens with zero attached hydrogens (tertiary/aromatic N) is 1. The third-order valence-electron chi connectivity index (χ3n) is 3.50. The number of anilines is 1. The van der Waals surface area contributed by atoms with E-state index in [1.54, 1.807) is 0 Å². The van der Waals surface area contributed by atoms with Gasteiger partial charge in [-0.1, -0.05) is 18.2 Å². The van der Waals surface area contributed by atoms with Crippen LogP contribution in [0.1, 0.15) is 17.5 Å². The number of aliphatic hydroxyl groups is 2. The molecule has 5 nitrogen and oxygen atoms in total. The van der Waals surface area contributed by atoms with Crippen LogP contribution in [0.3, 0.4) is 0 Å². The van der Waals surface area contributed by atoms with Crippen molar-refractivity contribution in [1.29, 1.82) is 0 Å². The zero-order chi connectivity index (χ0) is 18.3. The third-order valence-corrected chi connectivity index (χ3v) is 3.50. The van der Waals surface area contributed by atoms with Gasteiger partial charge in [0.25, 0.3) is 0 Å². The summed E-state index contributed by atoms with van der Waals surface area (Å²) in [4.78, 5) is 13.3. The van der Waals surface area contributed by atoms with Crippen molar-refractivity contribution in [2.75, 3.05) is 31.6 Å². The Morgan fingerprint density at radius 3 is 2.38 bits per heavy atom. The Kier molecular flexibility index (Phi) is 7.65. The van der Waals surface area contributed by atoms with Crippen molar-refractivity contribution < 1.29 is 28.2 Å². The second-order valence-corrected chi connectivity index (χ2v) is 5.75. The SMILES string of the molecule is Cc1cccc(C)c1NC(=O)CN(CCC(F)(F)F)C[C@H](O)CO. The van der Waals surface area contributed by atoms with Gasteiger partial charge in [-0.15, -0.1) is 0 Å². The van der Waals surface area contributed by atoms with Gasteiger partial charge in [-0.2, -0.15) is 13.2 Å². The molecule has 0 aliphatic heterocycles. The molecule has 1 rings (SSSR count). The van der Waals surface area contributed by atoms with Crippen LogP contribution in [0.5, 0.6) is 0 Å². The highest BCUT2D eigenvalue weighted by Gasteiger charge is 2.28. The van der Waals surface area contributed by atoms with E-state index >= 15 is 0 Å². The van der Waals surface area contributed by atoms with E-state index in [2.05, 4.69) is 5.32 Å². The van der Waals surface area contributed by atoms with Crippen molar-refractivity contribution in [3.05, 3.63) is 29.3 Å². The highest BCUT2D eigenvalue weighted by molar-refractivity contribution is 5.93. The van der Waals surface area contributed by atoms with Gasteiger partial charge in [0.15, 0.2) is 0 Å². The van der Waals surface area contributed by atoms with Crippen LogP contribution >= 0.6 is 0 Å². The summed E-state index contributed by atoms with van der Waals surface area (Å²) in [7, 11) is 0. The molecule has 1 amide bonds. The zero-order valence-corrected chi connectivity index (χ0v) is 13.7. The summed E-state index contributed by atoms with van der Waals surface area (Å²) < 4.78 is 37.2. The number of rotatable bonds is 8. The fraction of sp³-hybridized carbons (Fsp3) is 0.562. The monoisotopic (exact) mass is 348 g/mol. The number of hydrogen-bond donors (Lipinski definition) is 3. The van der Waals surface area contributed by atoms with E-state index in [-0.39, 0.29) is 13.1 Å². The summed E-state index contributed by atoms with van der Waals surface area (Å²) in [5, 5.41) is 21.0. The number of aliphatic hydroxyl groups excluding tert-OH is 2. The quantitative estimate of drug-likeness (QED) is 0.670. The van der Waals surface area contributed by atoms with Crippen molar-refractivity contribution in [2.24, 2.45) is 0 Å². The molecule has 0 unspecified atom stereocenters. The standard InChI is InChI=1S/C16H23F3N2O3/c1-11-4-3-5-12(2)15(11)20-14(24)9-21(8-13(23)10-22)7-6-16(17,18)19/h3-5,13,22-23H,6-10H2,1-2H3,(H,20,24)/t13-/m0/s1. The van der Waals surface area contributed by atoms with Gasteiger partial charge >= 0.3 is 6.18 Å². The number of carbonyl (C=O) groups excluding carboxylic acids is 1. The minimum atomic E-state index is -4.36. The van der Waals surface area contributed by atoms with Gasteiger partial charge < -0.3 is 15.5 Å². The Bertz CT molecular complexity index is 530. The molecule has 0 radical (unpaired) electrons. The van der Waals surface area contributed by atoms with Crippen LogP contribution in [-0.4, -0.2) is 59.5 Å². The molecule has 24 heavy (non-hydrogen) atoms. The lowest BCUT2D eigenvalue weighted by atomic mass is 10.1. The van der Waals surface area contributed by atoms with E-state index in [4.69, 9.17) is 5.11 Å². The number of alkyl halides is 3. The molecule has 1 atom stereocenters. The molecule has 8 heteroatoms. The van der Waals surface area contributed by atoms with Crippen LogP contribution in [0.4, 0.5) is 18.9 Å². The minimum Gasteiger partial charge on any atom is -0.394 e. The summed E-state index contributed by atoms with van der Waals surface area (Å²) in [6.07, 6.45) is -6.65. The van der Waals surface area contributed by atoms with Crippen molar-refractivity contribution in [3.8, 4) is 0 Å². The molecular weight excluding hydrogens is 325 g/mol. The van der Waals surface area contributed by atoms with Crippen molar-refractivity contribution >= 4 is 11.6 Å². The lowest BCUT2D eigenvalue weighted by Crippen LogP contribution is -2.41. The van der Waals surface area contributed by atoms with Gasteiger partial charge in [0.05, 0.1) is 25.7 Å². The van der Waals surface area contributed by atoms with E-state index in [0.29, 0.717) is 5.69 Å². The predicted molar refractivity (Wildman–Crippen MR) is 84.8 cm³/mol. The molecule has 0 saturated heterocycles. The number of para-hydroxylation sites is 1. The highest BCUT2D eigenvalue weighted by atomic mass is 19.4. The topological polar surface area (TPSA) is 72.8 Å². The van der Waals surface area contributed by atoms with E-state index in [0.717, 1.165) is 11.1 Å². The van der Waals surface area contributed by atoms with Crippen LogP contribution in [-0.2, 0) is 4.79 Å². The maximum absolute atomic E-state index is 12.4. The van der Waals surface area contributed by atoms with Crippen LogP contribution in [0.2, 0.25) is 0 Å². The Hall–Kier alpha value is -1.64. The number of carbonyl (C=O) groups is 1. The fourth-order valence-electron chi connectivity index (χ4n) is 2.27. The van der Waals surface area contributed by atoms with Crippen LogP contribution < -0.4 is 5.32 Å². The number of nitrogens with one attached hydrogen (secondary N) is 1. The first-order valence-corrected chi connectivity index (χ1v) is 7.56. The summed E-state index contributed by atoms with van der Waals surface area (Å²) >= 11 is 0. The number of halogens is 3. The first kappa shape index (κ1) is 20.4. The maximum atomic E-state index is 12.4. The number of benzene rings is 1. The Labute approximate surface area is 139 Å². The lowest BCUT2D eigenvalue weighted by Gasteiger charge is -2.24.